The van der Waals surface area contributed by atoms with Crippen LogP contribution in [0.4, 0.5) is 5.69 Å². The average Bonchev–Trinajstić information content (AvgIpc) is 2.69. The van der Waals surface area contributed by atoms with E-state index in [9.17, 15) is 19.8 Å². The number of carbonyl (C=O) groups excluding carboxylic acids is 1. The maximum absolute atomic E-state index is 12.8. The van der Waals surface area contributed by atoms with Crippen LogP contribution >= 0.6 is 0 Å². The van der Waals surface area contributed by atoms with E-state index in [1.165, 1.54) is 18.2 Å². The fraction of sp³-hybridized carbons (Fsp3) is 0.130. The van der Waals surface area contributed by atoms with E-state index in [1.54, 1.807) is 18.2 Å². The molecule has 0 bridgehead atoms. The molecule has 0 unspecified atom stereocenters. The Morgan fingerprint density at radius 3 is 2.28 bits per heavy atom. The molecular weight excluding hydrogens is 370 g/mol. The van der Waals surface area contributed by atoms with E-state index < -0.39 is 11.9 Å². The number of aromatic carboxylic acids is 1. The van der Waals surface area contributed by atoms with E-state index in [4.69, 9.17) is 4.74 Å². The summed E-state index contributed by atoms with van der Waals surface area (Å²) in [5.74, 6) is -1.60. The smallest absolute Gasteiger partial charge is 0.337 e. The molecule has 3 N–H and O–H groups in total. The normalized spacial score (nSPS) is 10.6. The van der Waals surface area contributed by atoms with Crippen LogP contribution in [-0.4, -0.2) is 28.2 Å². The van der Waals surface area contributed by atoms with Crippen LogP contribution in [0.15, 0.2) is 66.7 Å². The summed E-state index contributed by atoms with van der Waals surface area (Å²) in [6.07, 6.45) is -0.100. The van der Waals surface area contributed by atoms with Gasteiger partial charge in [0.05, 0.1) is 22.9 Å². The number of hydrogen-bond acceptors (Lipinski definition) is 4. The number of phenolic OH excluding ortho intramolecular Hbond substituents is 1. The second-order valence-corrected chi connectivity index (χ2v) is 6.73. The molecule has 0 atom stereocenters. The molecule has 0 fully saturated rings. The highest BCUT2D eigenvalue weighted by atomic mass is 16.5. The molecule has 1 amide bonds. The number of carbonyl (C=O) groups is 2. The Labute approximate surface area is 168 Å². The van der Waals surface area contributed by atoms with E-state index in [1.807, 2.05) is 44.2 Å². The first-order valence-electron chi connectivity index (χ1n) is 9.09. The minimum absolute atomic E-state index is 0.00963. The van der Waals surface area contributed by atoms with Crippen molar-refractivity contribution in [2.45, 2.75) is 20.0 Å². The van der Waals surface area contributed by atoms with Crippen molar-refractivity contribution in [2.24, 2.45) is 0 Å². The second-order valence-electron chi connectivity index (χ2n) is 6.73. The molecule has 0 aromatic heterocycles. The topological polar surface area (TPSA) is 95.9 Å². The van der Waals surface area contributed by atoms with Gasteiger partial charge in [-0.15, -0.1) is 0 Å². The van der Waals surface area contributed by atoms with E-state index in [0.717, 1.165) is 11.1 Å². The lowest BCUT2D eigenvalue weighted by Crippen LogP contribution is -2.15. The summed E-state index contributed by atoms with van der Waals surface area (Å²) in [7, 11) is 0. The summed E-state index contributed by atoms with van der Waals surface area (Å²) < 4.78 is 5.56. The molecule has 29 heavy (non-hydrogen) atoms. The molecule has 6 heteroatoms. The second kappa shape index (κ2) is 8.48. The van der Waals surface area contributed by atoms with Gasteiger partial charge >= 0.3 is 5.97 Å². The Morgan fingerprint density at radius 2 is 1.62 bits per heavy atom. The van der Waals surface area contributed by atoms with Crippen LogP contribution < -0.4 is 10.1 Å². The third-order valence-corrected chi connectivity index (χ3v) is 4.19. The molecule has 3 aromatic carbocycles. The van der Waals surface area contributed by atoms with E-state index >= 15 is 0 Å². The molecule has 148 valence electrons. The number of carboxylic acid groups (broad SMARTS) is 1. The van der Waals surface area contributed by atoms with Crippen molar-refractivity contribution in [3.05, 3.63) is 77.9 Å². The first-order chi connectivity index (χ1) is 13.8. The van der Waals surface area contributed by atoms with Gasteiger partial charge < -0.3 is 20.3 Å². The standard InChI is InChI=1S/C23H21NO5/c1-14(2)29-17-9-11-21(25)19(13-17)22(26)24-20-12-16(8-10-18(20)23(27)28)15-6-4-3-5-7-15/h3-14,25H,1-2H3,(H,24,26)(H,27,28). The summed E-state index contributed by atoms with van der Waals surface area (Å²) >= 11 is 0. The van der Waals surface area contributed by atoms with Gasteiger partial charge in [0.1, 0.15) is 11.5 Å². The van der Waals surface area contributed by atoms with Gasteiger partial charge in [-0.25, -0.2) is 4.79 Å². The zero-order valence-electron chi connectivity index (χ0n) is 16.0. The Morgan fingerprint density at radius 1 is 0.897 bits per heavy atom. The number of rotatable bonds is 6. The molecule has 0 heterocycles. The van der Waals surface area contributed by atoms with Gasteiger partial charge in [0.25, 0.3) is 5.91 Å². The van der Waals surface area contributed by atoms with E-state index in [2.05, 4.69) is 5.32 Å². The monoisotopic (exact) mass is 391 g/mol. The molecule has 0 radical (unpaired) electrons. The summed E-state index contributed by atoms with van der Waals surface area (Å²) in [4.78, 5) is 24.4. The van der Waals surface area contributed by atoms with Crippen LogP contribution in [0.5, 0.6) is 11.5 Å². The Bertz CT molecular complexity index is 1040. The lowest BCUT2D eigenvalue weighted by Gasteiger charge is -2.14. The van der Waals surface area contributed by atoms with Gasteiger partial charge in [-0.3, -0.25) is 4.79 Å². The summed E-state index contributed by atoms with van der Waals surface area (Å²) in [5.41, 5.74) is 1.72. The predicted octanol–water partition coefficient (Wildman–Crippen LogP) is 4.80. The quantitative estimate of drug-likeness (QED) is 0.561. The van der Waals surface area contributed by atoms with Gasteiger partial charge in [-0.1, -0.05) is 36.4 Å². The van der Waals surface area contributed by atoms with Gasteiger partial charge in [-0.2, -0.15) is 0 Å². The van der Waals surface area contributed by atoms with Crippen LogP contribution in [-0.2, 0) is 0 Å². The van der Waals surface area contributed by atoms with E-state index in [-0.39, 0.29) is 28.7 Å². The maximum Gasteiger partial charge on any atom is 0.337 e. The van der Waals surface area contributed by atoms with Gasteiger partial charge in [0.15, 0.2) is 0 Å². The summed E-state index contributed by atoms with van der Waals surface area (Å²) in [6, 6.07) is 18.5. The third kappa shape index (κ3) is 4.73. The molecule has 0 aliphatic rings. The molecule has 6 nitrogen and oxygen atoms in total. The van der Waals surface area contributed by atoms with Crippen molar-refractivity contribution in [3.8, 4) is 22.6 Å². The predicted molar refractivity (Wildman–Crippen MR) is 111 cm³/mol. The third-order valence-electron chi connectivity index (χ3n) is 4.19. The van der Waals surface area contributed by atoms with Crippen molar-refractivity contribution in [1.29, 1.82) is 0 Å². The fourth-order valence-corrected chi connectivity index (χ4v) is 2.88. The Balaban J connectivity index is 1.96. The van der Waals surface area contributed by atoms with Gasteiger partial charge in [-0.05, 0) is 55.3 Å². The lowest BCUT2D eigenvalue weighted by atomic mass is 10.0. The number of amides is 1. The minimum atomic E-state index is -1.17. The maximum atomic E-state index is 12.8. The van der Waals surface area contributed by atoms with Crippen molar-refractivity contribution in [3.63, 3.8) is 0 Å². The number of anilines is 1. The SMILES string of the molecule is CC(C)Oc1ccc(O)c(C(=O)Nc2cc(-c3ccccc3)ccc2C(=O)O)c1. The zero-order valence-corrected chi connectivity index (χ0v) is 16.0. The van der Waals surface area contributed by atoms with E-state index in [0.29, 0.717) is 5.75 Å². The zero-order chi connectivity index (χ0) is 21.0. The fourth-order valence-electron chi connectivity index (χ4n) is 2.88. The van der Waals surface area contributed by atoms with Crippen molar-refractivity contribution >= 4 is 17.6 Å². The van der Waals surface area contributed by atoms with Gasteiger partial charge in [0, 0.05) is 0 Å². The average molecular weight is 391 g/mol. The molecule has 3 rings (SSSR count). The Hall–Kier alpha value is -3.80. The highest BCUT2D eigenvalue weighted by Gasteiger charge is 2.18. The van der Waals surface area contributed by atoms with Crippen LogP contribution in [0.3, 0.4) is 0 Å². The van der Waals surface area contributed by atoms with Crippen LogP contribution in [0.2, 0.25) is 0 Å². The highest BCUT2D eigenvalue weighted by molar-refractivity contribution is 6.09. The summed E-state index contributed by atoms with van der Waals surface area (Å²) in [5, 5.41) is 22.2. The van der Waals surface area contributed by atoms with Crippen LogP contribution in [0, 0.1) is 0 Å². The molecule has 0 saturated heterocycles. The molecule has 0 saturated carbocycles. The number of phenols is 1. The number of carboxylic acids is 1. The number of ether oxygens (including phenoxy) is 1. The molecular formula is C23H21NO5. The first kappa shape index (κ1) is 19.9. The minimum Gasteiger partial charge on any atom is -0.507 e. The Kier molecular flexibility index (Phi) is 5.83. The number of benzene rings is 3. The number of nitrogens with one attached hydrogen (secondary N) is 1. The first-order valence-corrected chi connectivity index (χ1v) is 9.09. The molecule has 0 aliphatic heterocycles. The van der Waals surface area contributed by atoms with Gasteiger partial charge in [0.2, 0.25) is 0 Å². The van der Waals surface area contributed by atoms with Crippen molar-refractivity contribution in [2.75, 3.05) is 5.32 Å². The highest BCUT2D eigenvalue weighted by Crippen LogP contribution is 2.28. The largest absolute Gasteiger partial charge is 0.507 e. The van der Waals surface area contributed by atoms with Crippen LogP contribution in [0.25, 0.3) is 11.1 Å². The molecule has 0 aliphatic carbocycles. The van der Waals surface area contributed by atoms with Crippen molar-refractivity contribution < 1.29 is 24.5 Å². The molecule has 3 aromatic rings. The lowest BCUT2D eigenvalue weighted by molar-refractivity contribution is 0.0698. The van der Waals surface area contributed by atoms with Crippen LogP contribution in [0.1, 0.15) is 34.6 Å². The summed E-state index contributed by atoms with van der Waals surface area (Å²) in [6.45, 7) is 3.70. The van der Waals surface area contributed by atoms with Crippen molar-refractivity contribution in [1.82, 2.24) is 0 Å². The molecule has 0 spiro atoms. The number of hydrogen-bond donors (Lipinski definition) is 3. The number of aromatic hydroxyl groups is 1.